The highest BCUT2D eigenvalue weighted by molar-refractivity contribution is 5.93. The Morgan fingerprint density at radius 2 is 1.92 bits per heavy atom. The third-order valence-electron chi connectivity index (χ3n) is 6.97. The van der Waals surface area contributed by atoms with E-state index in [1.54, 1.807) is 18.2 Å². The van der Waals surface area contributed by atoms with Gasteiger partial charge in [-0.1, -0.05) is 30.3 Å². The maximum atomic E-state index is 13.1. The summed E-state index contributed by atoms with van der Waals surface area (Å²) in [5.74, 6) is 0.427. The molecule has 0 saturated heterocycles. The maximum Gasteiger partial charge on any atom is 0.228 e. The van der Waals surface area contributed by atoms with Gasteiger partial charge in [0.25, 0.3) is 0 Å². The summed E-state index contributed by atoms with van der Waals surface area (Å²) in [5, 5.41) is 17.4. The minimum Gasteiger partial charge on any atom is -0.489 e. The number of rotatable bonds is 9. The lowest BCUT2D eigenvalue weighted by Gasteiger charge is -2.14. The number of amides is 1. The van der Waals surface area contributed by atoms with E-state index in [2.05, 4.69) is 35.1 Å². The lowest BCUT2D eigenvalue weighted by Crippen LogP contribution is -2.16. The van der Waals surface area contributed by atoms with Gasteiger partial charge in [0.15, 0.2) is 0 Å². The average molecular weight is 520 g/mol. The standard InChI is InChI=1S/C32H33N5O2/c1-22-16-26(13-14-29(22)37-30-11-7-10-27(30)28(35-37)20-36(2)3)34-32(38)18-25-17-24(19-33)12-15-31(25)39-21-23-8-5-4-6-9-23/h4-6,8-9,12-17H,7,10-11,18,20-21H2,1-3H3,(H,34,38). The number of carbonyl (C=O) groups excluding carboxylic acids is 1. The summed E-state index contributed by atoms with van der Waals surface area (Å²) in [6, 6.07) is 23.1. The van der Waals surface area contributed by atoms with Crippen LogP contribution in [0.15, 0.2) is 66.7 Å². The van der Waals surface area contributed by atoms with E-state index in [1.165, 1.54) is 11.3 Å². The predicted molar refractivity (Wildman–Crippen MR) is 152 cm³/mol. The van der Waals surface area contributed by atoms with Gasteiger partial charge in [0.2, 0.25) is 5.91 Å². The van der Waals surface area contributed by atoms with E-state index in [0.29, 0.717) is 23.5 Å². The van der Waals surface area contributed by atoms with Crippen LogP contribution in [0.3, 0.4) is 0 Å². The number of fused-ring (bicyclic) bond motifs is 1. The molecule has 0 unspecified atom stereocenters. The Hall–Kier alpha value is -4.41. The number of ether oxygens (including phenoxy) is 1. The van der Waals surface area contributed by atoms with E-state index in [-0.39, 0.29) is 12.3 Å². The van der Waals surface area contributed by atoms with Gasteiger partial charge in [-0.05, 0) is 93.4 Å². The van der Waals surface area contributed by atoms with Crippen LogP contribution in [0.25, 0.3) is 5.69 Å². The number of anilines is 1. The van der Waals surface area contributed by atoms with Crippen LogP contribution in [0.4, 0.5) is 5.69 Å². The van der Waals surface area contributed by atoms with Crippen LogP contribution in [0, 0.1) is 18.3 Å². The molecule has 1 aliphatic carbocycles. The fourth-order valence-corrected chi connectivity index (χ4v) is 5.15. The molecule has 0 fully saturated rings. The summed E-state index contributed by atoms with van der Waals surface area (Å²) >= 11 is 0. The van der Waals surface area contributed by atoms with Gasteiger partial charge in [-0.3, -0.25) is 4.79 Å². The van der Waals surface area contributed by atoms with Crippen molar-refractivity contribution in [2.45, 2.75) is 45.8 Å². The first-order valence-electron chi connectivity index (χ1n) is 13.3. The minimum atomic E-state index is -0.171. The van der Waals surface area contributed by atoms with Crippen molar-refractivity contribution in [1.29, 1.82) is 5.26 Å². The SMILES string of the molecule is Cc1cc(NC(=O)Cc2cc(C#N)ccc2OCc2ccccc2)ccc1-n1nc(CN(C)C)c2c1CCC2. The van der Waals surface area contributed by atoms with E-state index in [9.17, 15) is 10.1 Å². The highest BCUT2D eigenvalue weighted by atomic mass is 16.5. The van der Waals surface area contributed by atoms with E-state index < -0.39 is 0 Å². The highest BCUT2D eigenvalue weighted by Crippen LogP contribution is 2.30. The van der Waals surface area contributed by atoms with E-state index in [1.807, 2.05) is 55.5 Å². The molecule has 1 heterocycles. The molecule has 0 atom stereocenters. The van der Waals surface area contributed by atoms with Crippen LogP contribution in [0.2, 0.25) is 0 Å². The first-order chi connectivity index (χ1) is 18.9. The second-order valence-electron chi connectivity index (χ2n) is 10.3. The molecule has 0 spiro atoms. The fraction of sp³-hybridized carbons (Fsp3) is 0.281. The Morgan fingerprint density at radius 1 is 1.10 bits per heavy atom. The van der Waals surface area contributed by atoms with Gasteiger partial charge in [-0.15, -0.1) is 0 Å². The van der Waals surface area contributed by atoms with Gasteiger partial charge in [0, 0.05) is 23.5 Å². The lowest BCUT2D eigenvalue weighted by molar-refractivity contribution is -0.115. The highest BCUT2D eigenvalue weighted by Gasteiger charge is 2.24. The number of benzene rings is 3. The number of hydrogen-bond donors (Lipinski definition) is 1. The summed E-state index contributed by atoms with van der Waals surface area (Å²) in [5.41, 5.74) is 8.83. The zero-order valence-electron chi connectivity index (χ0n) is 22.7. The van der Waals surface area contributed by atoms with Gasteiger partial charge in [0.05, 0.1) is 29.4 Å². The van der Waals surface area contributed by atoms with Crippen molar-refractivity contribution >= 4 is 11.6 Å². The summed E-state index contributed by atoms with van der Waals surface area (Å²) in [6.07, 6.45) is 3.37. The van der Waals surface area contributed by atoms with Crippen LogP contribution < -0.4 is 10.1 Å². The second-order valence-corrected chi connectivity index (χ2v) is 10.3. The third kappa shape index (κ3) is 6.02. The van der Waals surface area contributed by atoms with Crippen LogP contribution in [-0.4, -0.2) is 34.7 Å². The number of nitriles is 1. The van der Waals surface area contributed by atoms with E-state index in [0.717, 1.165) is 54.0 Å². The minimum absolute atomic E-state index is 0.0982. The normalized spacial score (nSPS) is 12.3. The predicted octanol–water partition coefficient (Wildman–Crippen LogP) is 5.36. The Kier molecular flexibility index (Phi) is 7.76. The smallest absolute Gasteiger partial charge is 0.228 e. The van der Waals surface area contributed by atoms with Crippen molar-refractivity contribution in [3.63, 3.8) is 0 Å². The van der Waals surface area contributed by atoms with Gasteiger partial charge in [-0.2, -0.15) is 10.4 Å². The Morgan fingerprint density at radius 3 is 2.67 bits per heavy atom. The first kappa shape index (κ1) is 26.2. The molecule has 5 rings (SSSR count). The van der Waals surface area contributed by atoms with E-state index >= 15 is 0 Å². The molecule has 7 nitrogen and oxygen atoms in total. The maximum absolute atomic E-state index is 13.1. The first-order valence-corrected chi connectivity index (χ1v) is 13.3. The van der Waals surface area contributed by atoms with Gasteiger partial charge in [-0.25, -0.2) is 4.68 Å². The molecule has 1 aromatic heterocycles. The third-order valence-corrected chi connectivity index (χ3v) is 6.97. The summed E-state index contributed by atoms with van der Waals surface area (Å²) in [4.78, 5) is 15.2. The molecule has 0 saturated carbocycles. The second kappa shape index (κ2) is 11.5. The molecule has 39 heavy (non-hydrogen) atoms. The fourth-order valence-electron chi connectivity index (χ4n) is 5.15. The zero-order valence-corrected chi connectivity index (χ0v) is 22.7. The van der Waals surface area contributed by atoms with Gasteiger partial charge in [0.1, 0.15) is 12.4 Å². The molecule has 0 bridgehead atoms. The largest absolute Gasteiger partial charge is 0.489 e. The number of carbonyl (C=O) groups is 1. The summed E-state index contributed by atoms with van der Waals surface area (Å²) in [7, 11) is 4.13. The Bertz CT molecular complexity index is 1530. The van der Waals surface area contributed by atoms with Crippen LogP contribution >= 0.6 is 0 Å². The van der Waals surface area contributed by atoms with Gasteiger partial charge >= 0.3 is 0 Å². The number of hydrogen-bond acceptors (Lipinski definition) is 5. The molecule has 0 aliphatic heterocycles. The topological polar surface area (TPSA) is 83.2 Å². The van der Waals surface area contributed by atoms with E-state index in [4.69, 9.17) is 9.84 Å². The molecular weight excluding hydrogens is 486 g/mol. The summed E-state index contributed by atoms with van der Waals surface area (Å²) in [6.45, 7) is 3.26. The van der Waals surface area contributed by atoms with Gasteiger partial charge < -0.3 is 15.0 Å². The zero-order chi connectivity index (χ0) is 27.4. The number of nitrogens with one attached hydrogen (secondary N) is 1. The van der Waals surface area contributed by atoms with Crippen LogP contribution in [0.1, 0.15) is 45.6 Å². The lowest BCUT2D eigenvalue weighted by atomic mass is 10.1. The number of aryl methyl sites for hydroxylation is 1. The molecule has 198 valence electrons. The Labute approximate surface area is 229 Å². The number of nitrogens with zero attached hydrogens (tertiary/aromatic N) is 4. The quantitative estimate of drug-likeness (QED) is 0.322. The van der Waals surface area contributed by atoms with Crippen LogP contribution in [0.5, 0.6) is 5.75 Å². The average Bonchev–Trinajstić information content (AvgIpc) is 3.52. The van der Waals surface area contributed by atoms with Crippen molar-refractivity contribution in [3.05, 3.63) is 106 Å². The van der Waals surface area contributed by atoms with Crippen molar-refractivity contribution in [3.8, 4) is 17.5 Å². The molecule has 1 aliphatic rings. The molecule has 1 N–H and O–H groups in total. The Balaban J connectivity index is 1.31. The molecule has 3 aromatic carbocycles. The molecule has 4 aromatic rings. The number of aromatic nitrogens is 2. The van der Waals surface area contributed by atoms with Crippen molar-refractivity contribution in [2.24, 2.45) is 0 Å². The van der Waals surface area contributed by atoms with Crippen molar-refractivity contribution in [1.82, 2.24) is 14.7 Å². The van der Waals surface area contributed by atoms with Crippen molar-refractivity contribution < 1.29 is 9.53 Å². The summed E-state index contributed by atoms with van der Waals surface area (Å²) < 4.78 is 8.11. The molecule has 0 radical (unpaired) electrons. The molecule has 7 heteroatoms. The molecule has 1 amide bonds. The van der Waals surface area contributed by atoms with Crippen molar-refractivity contribution in [2.75, 3.05) is 19.4 Å². The van der Waals surface area contributed by atoms with Crippen LogP contribution in [-0.2, 0) is 37.2 Å². The monoisotopic (exact) mass is 519 g/mol. The molecular formula is C32H33N5O2.